The van der Waals surface area contributed by atoms with Crippen LogP contribution in [0.1, 0.15) is 27.7 Å². The highest BCUT2D eigenvalue weighted by atomic mass is 32.2. The molecular formula is C12H20N2O8S. The highest BCUT2D eigenvalue weighted by Crippen LogP contribution is 2.22. The summed E-state index contributed by atoms with van der Waals surface area (Å²) in [5.74, 6) is -1.03. The van der Waals surface area contributed by atoms with E-state index in [0.717, 1.165) is 0 Å². The molecule has 0 bridgehead atoms. The summed E-state index contributed by atoms with van der Waals surface area (Å²) in [6, 6.07) is -0.740. The van der Waals surface area contributed by atoms with Crippen LogP contribution in [0.2, 0.25) is 0 Å². The van der Waals surface area contributed by atoms with Gasteiger partial charge in [-0.3, -0.25) is 0 Å². The topological polar surface area (TPSA) is 128 Å². The number of hydrogen-bond acceptors (Lipinski definition) is 8. The molecule has 1 aliphatic heterocycles. The number of amides is 2. The van der Waals surface area contributed by atoms with Crippen molar-refractivity contribution in [3.8, 4) is 0 Å². The zero-order valence-electron chi connectivity index (χ0n) is 13.3. The Hall–Kier alpha value is -2.04. The average molecular weight is 352 g/mol. The van der Waals surface area contributed by atoms with Gasteiger partial charge in [0, 0.05) is 0 Å². The number of nitrogens with one attached hydrogen (secondary N) is 1. The lowest BCUT2D eigenvalue weighted by Crippen LogP contribution is -2.50. The standard InChI is InChI=1S/C12H20N2O8S/c1-5-20-10(15)8(4)22-11(16)13-23(18,19)14-9(7(2)3)6-21-12(14)17/h7-9H,5-6H2,1-4H3,(H,13,16)/t8-,9+/m0/s1. The van der Waals surface area contributed by atoms with Crippen LogP contribution in [0.5, 0.6) is 0 Å². The zero-order valence-corrected chi connectivity index (χ0v) is 14.1. The molecule has 1 heterocycles. The van der Waals surface area contributed by atoms with Crippen molar-refractivity contribution in [2.24, 2.45) is 5.92 Å². The lowest BCUT2D eigenvalue weighted by molar-refractivity contribution is -0.152. The summed E-state index contributed by atoms with van der Waals surface area (Å²) >= 11 is 0. The zero-order chi connectivity index (χ0) is 17.8. The molecule has 2 atom stereocenters. The van der Waals surface area contributed by atoms with Gasteiger partial charge in [-0.15, -0.1) is 0 Å². The van der Waals surface area contributed by atoms with Gasteiger partial charge < -0.3 is 14.2 Å². The van der Waals surface area contributed by atoms with Crippen LogP contribution in [0.4, 0.5) is 9.59 Å². The highest BCUT2D eigenvalue weighted by molar-refractivity contribution is 7.88. The second kappa shape index (κ2) is 7.49. The number of carbonyl (C=O) groups excluding carboxylic acids is 3. The van der Waals surface area contributed by atoms with E-state index < -0.39 is 40.5 Å². The smallest absolute Gasteiger partial charge is 0.425 e. The SMILES string of the molecule is CCOC(=O)[C@H](C)OC(=O)NS(=O)(=O)N1C(=O)OC[C@@H]1C(C)C. The van der Waals surface area contributed by atoms with Crippen LogP contribution in [0.15, 0.2) is 0 Å². The number of cyclic esters (lactones) is 1. The van der Waals surface area contributed by atoms with Gasteiger partial charge in [-0.25, -0.2) is 19.1 Å². The number of carbonyl (C=O) groups is 3. The third kappa shape index (κ3) is 4.71. The molecule has 1 fully saturated rings. The molecule has 0 aromatic carbocycles. The van der Waals surface area contributed by atoms with Crippen LogP contribution < -0.4 is 4.72 Å². The lowest BCUT2D eigenvalue weighted by Gasteiger charge is -2.23. The summed E-state index contributed by atoms with van der Waals surface area (Å²) in [6.45, 7) is 6.19. The summed E-state index contributed by atoms with van der Waals surface area (Å²) in [6.07, 6.45) is -3.77. The van der Waals surface area contributed by atoms with Gasteiger partial charge in [0.15, 0.2) is 6.10 Å². The van der Waals surface area contributed by atoms with Crippen molar-refractivity contribution in [2.45, 2.75) is 39.8 Å². The molecule has 0 aromatic rings. The molecule has 23 heavy (non-hydrogen) atoms. The van der Waals surface area contributed by atoms with E-state index in [1.54, 1.807) is 25.5 Å². The van der Waals surface area contributed by atoms with Crippen molar-refractivity contribution in [1.82, 2.24) is 9.03 Å². The summed E-state index contributed by atoms with van der Waals surface area (Å²) in [4.78, 5) is 34.5. The van der Waals surface area contributed by atoms with Crippen LogP contribution in [-0.2, 0) is 29.2 Å². The Morgan fingerprint density at radius 1 is 1.39 bits per heavy atom. The fourth-order valence-corrected chi connectivity index (χ4v) is 3.08. The number of rotatable bonds is 6. The largest absolute Gasteiger partial charge is 0.463 e. The van der Waals surface area contributed by atoms with Gasteiger partial charge in [0.2, 0.25) is 0 Å². The molecule has 0 spiro atoms. The van der Waals surface area contributed by atoms with E-state index in [0.29, 0.717) is 4.31 Å². The van der Waals surface area contributed by atoms with Gasteiger partial charge in [0.25, 0.3) is 0 Å². The summed E-state index contributed by atoms with van der Waals surface area (Å²) in [7, 11) is -4.50. The second-order valence-electron chi connectivity index (χ2n) is 5.09. The number of hydrogen-bond donors (Lipinski definition) is 1. The minimum Gasteiger partial charge on any atom is -0.463 e. The molecule has 132 valence electrons. The molecule has 10 nitrogen and oxygen atoms in total. The Morgan fingerprint density at radius 2 is 2.00 bits per heavy atom. The Morgan fingerprint density at radius 3 is 2.52 bits per heavy atom. The molecule has 1 aliphatic rings. The number of ether oxygens (including phenoxy) is 3. The molecular weight excluding hydrogens is 332 g/mol. The van der Waals surface area contributed by atoms with Gasteiger partial charge >= 0.3 is 28.4 Å². The molecule has 0 radical (unpaired) electrons. The normalized spacial score (nSPS) is 19.3. The summed E-state index contributed by atoms with van der Waals surface area (Å²) < 4.78 is 40.2. The van der Waals surface area contributed by atoms with Gasteiger partial charge in [-0.05, 0) is 19.8 Å². The minimum absolute atomic E-state index is 0.0855. The Kier molecular flexibility index (Phi) is 6.19. The van der Waals surface area contributed by atoms with Gasteiger partial charge in [0.1, 0.15) is 6.61 Å². The molecule has 1 saturated heterocycles. The fourth-order valence-electron chi connectivity index (χ4n) is 1.81. The van der Waals surface area contributed by atoms with Crippen LogP contribution in [0.25, 0.3) is 0 Å². The predicted molar refractivity (Wildman–Crippen MR) is 76.4 cm³/mol. The number of esters is 1. The van der Waals surface area contributed by atoms with Crippen molar-refractivity contribution in [2.75, 3.05) is 13.2 Å². The van der Waals surface area contributed by atoms with Crippen LogP contribution in [-0.4, -0.2) is 56.2 Å². The Balaban J connectivity index is 2.76. The predicted octanol–water partition coefficient (Wildman–Crippen LogP) is 0.386. The molecule has 11 heteroatoms. The first-order chi connectivity index (χ1) is 10.6. The molecule has 0 saturated carbocycles. The van der Waals surface area contributed by atoms with E-state index in [-0.39, 0.29) is 19.1 Å². The second-order valence-corrected chi connectivity index (χ2v) is 6.64. The van der Waals surface area contributed by atoms with E-state index in [9.17, 15) is 22.8 Å². The van der Waals surface area contributed by atoms with Gasteiger partial charge in [0.05, 0.1) is 12.6 Å². The third-order valence-electron chi connectivity index (χ3n) is 3.00. The number of nitrogens with zero attached hydrogens (tertiary/aromatic N) is 1. The quantitative estimate of drug-likeness (QED) is 0.537. The van der Waals surface area contributed by atoms with Crippen LogP contribution >= 0.6 is 0 Å². The highest BCUT2D eigenvalue weighted by Gasteiger charge is 2.44. The first-order valence-electron chi connectivity index (χ1n) is 6.96. The van der Waals surface area contributed by atoms with E-state index >= 15 is 0 Å². The molecule has 1 N–H and O–H groups in total. The van der Waals surface area contributed by atoms with E-state index in [1.807, 2.05) is 0 Å². The van der Waals surface area contributed by atoms with Gasteiger partial charge in [-0.1, -0.05) is 13.8 Å². The van der Waals surface area contributed by atoms with Crippen molar-refractivity contribution in [3.63, 3.8) is 0 Å². The molecule has 1 rings (SSSR count). The lowest BCUT2D eigenvalue weighted by atomic mass is 10.1. The first kappa shape index (κ1) is 19.0. The molecule has 0 aromatic heterocycles. The van der Waals surface area contributed by atoms with Crippen molar-refractivity contribution in [1.29, 1.82) is 0 Å². The van der Waals surface area contributed by atoms with E-state index in [4.69, 9.17) is 4.74 Å². The maximum atomic E-state index is 12.1. The van der Waals surface area contributed by atoms with Crippen molar-refractivity contribution >= 4 is 28.4 Å². The Bertz CT molecular complexity index is 574. The maximum Gasteiger partial charge on any atom is 0.425 e. The summed E-state index contributed by atoms with van der Waals surface area (Å²) in [5, 5.41) is 0. The minimum atomic E-state index is -4.50. The maximum absolute atomic E-state index is 12.1. The first-order valence-corrected chi connectivity index (χ1v) is 8.40. The molecule has 0 unspecified atom stereocenters. The van der Waals surface area contributed by atoms with Crippen molar-refractivity contribution in [3.05, 3.63) is 0 Å². The summed E-state index contributed by atoms with van der Waals surface area (Å²) in [5.41, 5.74) is 0. The van der Waals surface area contributed by atoms with Crippen LogP contribution in [0.3, 0.4) is 0 Å². The average Bonchev–Trinajstić information content (AvgIpc) is 2.81. The van der Waals surface area contributed by atoms with Crippen molar-refractivity contribution < 1.29 is 37.0 Å². The molecule has 2 amide bonds. The third-order valence-corrected chi connectivity index (χ3v) is 4.36. The monoisotopic (exact) mass is 352 g/mol. The van der Waals surface area contributed by atoms with E-state index in [1.165, 1.54) is 6.92 Å². The fraction of sp³-hybridized carbons (Fsp3) is 0.750. The van der Waals surface area contributed by atoms with Crippen LogP contribution in [0, 0.1) is 5.92 Å². The Labute approximate surface area is 134 Å². The van der Waals surface area contributed by atoms with E-state index in [2.05, 4.69) is 9.47 Å². The van der Waals surface area contributed by atoms with Gasteiger partial charge in [-0.2, -0.15) is 12.7 Å². The molecule has 0 aliphatic carbocycles.